The summed E-state index contributed by atoms with van der Waals surface area (Å²) in [6, 6.07) is 4.36. The van der Waals surface area contributed by atoms with Gasteiger partial charge in [-0.25, -0.2) is 0 Å². The van der Waals surface area contributed by atoms with Crippen LogP contribution in [0.1, 0.15) is 25.5 Å². The highest BCUT2D eigenvalue weighted by atomic mass is 16.4. The molecule has 5 nitrogen and oxygen atoms in total. The van der Waals surface area contributed by atoms with E-state index in [9.17, 15) is 4.79 Å². The van der Waals surface area contributed by atoms with Gasteiger partial charge >= 0.3 is 5.97 Å². The second-order valence-corrected chi connectivity index (χ2v) is 5.38. The van der Waals surface area contributed by atoms with Crippen LogP contribution in [0.15, 0.2) is 22.8 Å². The van der Waals surface area contributed by atoms with Gasteiger partial charge in [-0.1, -0.05) is 0 Å². The number of rotatable bonds is 4. The topological polar surface area (TPSA) is 56.9 Å². The van der Waals surface area contributed by atoms with Crippen molar-refractivity contribution in [2.45, 2.75) is 38.4 Å². The summed E-state index contributed by atoms with van der Waals surface area (Å²) in [6.07, 6.45) is 2.92. The molecule has 19 heavy (non-hydrogen) atoms. The molecule has 0 saturated carbocycles. The van der Waals surface area contributed by atoms with Crippen molar-refractivity contribution in [3.05, 3.63) is 24.2 Å². The monoisotopic (exact) mass is 266 g/mol. The van der Waals surface area contributed by atoms with E-state index in [4.69, 9.17) is 9.52 Å². The van der Waals surface area contributed by atoms with Crippen LogP contribution in [0, 0.1) is 0 Å². The molecule has 1 saturated heterocycles. The number of hydrogen-bond donors (Lipinski definition) is 1. The van der Waals surface area contributed by atoms with E-state index in [0.29, 0.717) is 6.04 Å². The average molecular weight is 266 g/mol. The minimum atomic E-state index is -0.732. The first-order valence-corrected chi connectivity index (χ1v) is 6.74. The summed E-state index contributed by atoms with van der Waals surface area (Å²) in [6.45, 7) is 4.65. The summed E-state index contributed by atoms with van der Waals surface area (Å²) in [5, 5.41) is 9.02. The van der Waals surface area contributed by atoms with E-state index in [1.807, 2.05) is 19.2 Å². The van der Waals surface area contributed by atoms with Gasteiger partial charge in [-0.15, -0.1) is 0 Å². The molecule has 1 N–H and O–H groups in total. The molecular weight excluding hydrogens is 244 g/mol. The van der Waals surface area contributed by atoms with Crippen molar-refractivity contribution in [2.75, 3.05) is 20.1 Å². The third-order valence-electron chi connectivity index (χ3n) is 3.94. The number of nitrogens with zero attached hydrogens (tertiary/aromatic N) is 2. The molecule has 2 heterocycles. The van der Waals surface area contributed by atoms with Crippen LogP contribution in [-0.4, -0.2) is 53.1 Å². The fraction of sp³-hybridized carbons (Fsp3) is 0.643. The first kappa shape index (κ1) is 14.1. The number of carbonyl (C=O) groups is 1. The van der Waals surface area contributed by atoms with Gasteiger partial charge in [0.1, 0.15) is 5.76 Å². The van der Waals surface area contributed by atoms with Gasteiger partial charge in [-0.2, -0.15) is 0 Å². The van der Waals surface area contributed by atoms with E-state index in [2.05, 4.69) is 16.7 Å². The normalized spacial score (nSPS) is 26.2. The van der Waals surface area contributed by atoms with Gasteiger partial charge in [-0.3, -0.25) is 9.69 Å². The van der Waals surface area contributed by atoms with Crippen LogP contribution < -0.4 is 0 Å². The molecule has 2 rings (SSSR count). The minimum absolute atomic E-state index is 0.0670. The molecule has 0 spiro atoms. The van der Waals surface area contributed by atoms with Crippen molar-refractivity contribution in [1.82, 2.24) is 9.80 Å². The second-order valence-electron chi connectivity index (χ2n) is 5.38. The third kappa shape index (κ3) is 3.81. The Morgan fingerprint density at radius 2 is 2.37 bits per heavy atom. The maximum Gasteiger partial charge on any atom is 0.304 e. The van der Waals surface area contributed by atoms with Gasteiger partial charge < -0.3 is 14.4 Å². The van der Waals surface area contributed by atoms with Crippen molar-refractivity contribution in [3.8, 4) is 0 Å². The molecule has 0 aliphatic carbocycles. The van der Waals surface area contributed by atoms with E-state index in [1.165, 1.54) is 0 Å². The largest absolute Gasteiger partial charge is 0.481 e. The van der Waals surface area contributed by atoms with Gasteiger partial charge in [0, 0.05) is 18.6 Å². The lowest BCUT2D eigenvalue weighted by atomic mass is 10.1. The number of furan rings is 1. The average Bonchev–Trinajstić information content (AvgIpc) is 2.81. The van der Waals surface area contributed by atoms with Crippen molar-refractivity contribution in [1.29, 1.82) is 0 Å². The van der Waals surface area contributed by atoms with E-state index in [0.717, 1.165) is 31.8 Å². The Balaban J connectivity index is 2.05. The number of carboxylic acids is 1. The molecule has 1 aliphatic rings. The van der Waals surface area contributed by atoms with Gasteiger partial charge in [-0.05, 0) is 39.1 Å². The maximum atomic E-state index is 11.0. The van der Waals surface area contributed by atoms with Crippen molar-refractivity contribution >= 4 is 5.97 Å². The molecule has 2 unspecified atom stereocenters. The SMILES string of the molecule is CC1CCN(C)C(CC(=O)O)CN1Cc1ccco1. The molecule has 5 heteroatoms. The first-order valence-electron chi connectivity index (χ1n) is 6.74. The Bertz CT molecular complexity index is 405. The molecule has 0 bridgehead atoms. The molecule has 1 aliphatic heterocycles. The zero-order valence-corrected chi connectivity index (χ0v) is 11.6. The highest BCUT2D eigenvalue weighted by molar-refractivity contribution is 5.67. The summed E-state index contributed by atoms with van der Waals surface area (Å²) in [5.74, 6) is 0.204. The van der Waals surface area contributed by atoms with Crippen LogP contribution in [0.4, 0.5) is 0 Å². The number of aliphatic carboxylic acids is 1. The lowest BCUT2D eigenvalue weighted by Gasteiger charge is -2.29. The van der Waals surface area contributed by atoms with Crippen LogP contribution in [0.5, 0.6) is 0 Å². The molecule has 0 amide bonds. The lowest BCUT2D eigenvalue weighted by molar-refractivity contribution is -0.138. The van der Waals surface area contributed by atoms with Crippen molar-refractivity contribution < 1.29 is 14.3 Å². The van der Waals surface area contributed by atoms with Crippen LogP contribution >= 0.6 is 0 Å². The summed E-state index contributed by atoms with van der Waals surface area (Å²) in [4.78, 5) is 15.4. The molecule has 106 valence electrons. The Morgan fingerprint density at radius 3 is 3.00 bits per heavy atom. The van der Waals surface area contributed by atoms with Gasteiger partial charge in [0.15, 0.2) is 0 Å². The molecule has 0 aromatic carbocycles. The van der Waals surface area contributed by atoms with Crippen molar-refractivity contribution in [2.24, 2.45) is 0 Å². The highest BCUT2D eigenvalue weighted by Crippen LogP contribution is 2.19. The quantitative estimate of drug-likeness (QED) is 0.898. The summed E-state index contributed by atoms with van der Waals surface area (Å²) in [7, 11) is 2.01. The number of carboxylic acid groups (broad SMARTS) is 1. The van der Waals surface area contributed by atoms with Crippen molar-refractivity contribution in [3.63, 3.8) is 0 Å². The Labute approximate surface area is 113 Å². The predicted octanol–water partition coefficient (Wildman–Crippen LogP) is 1.65. The van der Waals surface area contributed by atoms with Crippen LogP contribution in [0.2, 0.25) is 0 Å². The van der Waals surface area contributed by atoms with Crippen LogP contribution in [0.25, 0.3) is 0 Å². The summed E-state index contributed by atoms with van der Waals surface area (Å²) < 4.78 is 5.40. The third-order valence-corrected chi connectivity index (χ3v) is 3.94. The standard InChI is InChI=1S/C14H22N2O3/c1-11-5-6-15(2)12(8-14(17)18)9-16(11)10-13-4-3-7-19-13/h3-4,7,11-12H,5-6,8-10H2,1-2H3,(H,17,18). The second kappa shape index (κ2) is 6.21. The van der Waals surface area contributed by atoms with E-state index >= 15 is 0 Å². The Morgan fingerprint density at radius 1 is 1.58 bits per heavy atom. The zero-order valence-electron chi connectivity index (χ0n) is 11.6. The summed E-state index contributed by atoms with van der Waals surface area (Å²) in [5.41, 5.74) is 0. The highest BCUT2D eigenvalue weighted by Gasteiger charge is 2.28. The summed E-state index contributed by atoms with van der Waals surface area (Å²) >= 11 is 0. The Hall–Kier alpha value is -1.33. The minimum Gasteiger partial charge on any atom is -0.481 e. The molecule has 1 fully saturated rings. The number of hydrogen-bond acceptors (Lipinski definition) is 4. The molecular formula is C14H22N2O3. The smallest absolute Gasteiger partial charge is 0.304 e. The number of likely N-dealkylation sites (N-methyl/N-ethyl adjacent to an activating group) is 1. The van der Waals surface area contributed by atoms with Gasteiger partial charge in [0.25, 0.3) is 0 Å². The lowest BCUT2D eigenvalue weighted by Crippen LogP contribution is -2.41. The van der Waals surface area contributed by atoms with Gasteiger partial charge in [0.05, 0.1) is 19.2 Å². The van der Waals surface area contributed by atoms with E-state index in [-0.39, 0.29) is 12.5 Å². The fourth-order valence-corrected chi connectivity index (χ4v) is 2.59. The fourth-order valence-electron chi connectivity index (χ4n) is 2.59. The van der Waals surface area contributed by atoms with Gasteiger partial charge in [0.2, 0.25) is 0 Å². The van der Waals surface area contributed by atoms with Crippen LogP contribution in [-0.2, 0) is 11.3 Å². The molecule has 0 radical (unpaired) electrons. The molecule has 2 atom stereocenters. The van der Waals surface area contributed by atoms with Crippen LogP contribution in [0.3, 0.4) is 0 Å². The zero-order chi connectivity index (χ0) is 13.8. The Kier molecular flexibility index (Phi) is 4.61. The molecule has 1 aromatic heterocycles. The first-order chi connectivity index (χ1) is 9.06. The molecule has 1 aromatic rings. The predicted molar refractivity (Wildman–Crippen MR) is 71.9 cm³/mol. The van der Waals surface area contributed by atoms with E-state index in [1.54, 1.807) is 6.26 Å². The maximum absolute atomic E-state index is 11.0. The van der Waals surface area contributed by atoms with E-state index < -0.39 is 5.97 Å².